The summed E-state index contributed by atoms with van der Waals surface area (Å²) in [5.74, 6) is -0.532. The van der Waals surface area contributed by atoms with Crippen LogP contribution in [-0.4, -0.2) is 11.3 Å². The van der Waals surface area contributed by atoms with E-state index in [1.54, 1.807) is 6.07 Å². The van der Waals surface area contributed by atoms with Crippen LogP contribution < -0.4 is 5.73 Å². The number of aliphatic hydroxyl groups excluding tert-OH is 1. The Bertz CT molecular complexity index is 374. The van der Waals surface area contributed by atoms with E-state index in [4.69, 9.17) is 16.2 Å². The van der Waals surface area contributed by atoms with Crippen molar-refractivity contribution >= 4 is 11.8 Å². The van der Waals surface area contributed by atoms with Crippen molar-refractivity contribution in [1.82, 2.24) is 0 Å². The summed E-state index contributed by atoms with van der Waals surface area (Å²) in [5, 5.41) is 15.8. The van der Waals surface area contributed by atoms with Crippen molar-refractivity contribution in [2.75, 3.05) is 0 Å². The van der Waals surface area contributed by atoms with Gasteiger partial charge in [-0.05, 0) is 0 Å². The van der Waals surface area contributed by atoms with Crippen LogP contribution in [0.1, 0.15) is 11.1 Å². The number of aliphatic hydroxyl groups is 1. The van der Waals surface area contributed by atoms with Crippen molar-refractivity contribution in [3.05, 3.63) is 41.3 Å². The Labute approximate surface area is 81.2 Å². The summed E-state index contributed by atoms with van der Waals surface area (Å²) < 4.78 is 13.5. The lowest BCUT2D eigenvalue weighted by Crippen LogP contribution is -1.98. The molecular weight excluding hydrogens is 183 g/mol. The maximum absolute atomic E-state index is 13.5. The minimum Gasteiger partial charge on any atom is -0.404 e. The van der Waals surface area contributed by atoms with Crippen molar-refractivity contribution in [1.29, 1.82) is 5.41 Å². The predicted molar refractivity (Wildman–Crippen MR) is 53.3 cm³/mol. The van der Waals surface area contributed by atoms with E-state index >= 15 is 0 Å². The standard InChI is InChI=1S/C10H11FN2O/c11-10-7(6-14)2-1-3-9(10)8(4-12)5-13/h1-5,12,14H,6,13H2/b8-5+,12-4?. The highest BCUT2D eigenvalue weighted by atomic mass is 19.1. The lowest BCUT2D eigenvalue weighted by molar-refractivity contribution is 0.275. The number of benzene rings is 1. The molecule has 0 aliphatic rings. The largest absolute Gasteiger partial charge is 0.404 e. The molecule has 0 heterocycles. The molecule has 0 amide bonds. The molecule has 3 nitrogen and oxygen atoms in total. The van der Waals surface area contributed by atoms with E-state index in [-0.39, 0.29) is 23.3 Å². The third-order valence-electron chi connectivity index (χ3n) is 1.90. The summed E-state index contributed by atoms with van der Waals surface area (Å²) in [6, 6.07) is 4.60. The van der Waals surface area contributed by atoms with Crippen molar-refractivity contribution in [3.8, 4) is 0 Å². The minimum atomic E-state index is -0.532. The summed E-state index contributed by atoms with van der Waals surface area (Å²) in [7, 11) is 0. The monoisotopic (exact) mass is 194 g/mol. The molecule has 74 valence electrons. The van der Waals surface area contributed by atoms with E-state index in [2.05, 4.69) is 0 Å². The van der Waals surface area contributed by atoms with Gasteiger partial charge in [0, 0.05) is 29.1 Å². The van der Waals surface area contributed by atoms with E-state index in [0.29, 0.717) is 0 Å². The number of hydrogen-bond donors (Lipinski definition) is 3. The average molecular weight is 194 g/mol. The average Bonchev–Trinajstić information content (AvgIpc) is 2.22. The summed E-state index contributed by atoms with van der Waals surface area (Å²) >= 11 is 0. The van der Waals surface area contributed by atoms with Gasteiger partial charge in [-0.15, -0.1) is 0 Å². The fraction of sp³-hybridized carbons (Fsp3) is 0.100. The number of nitrogens with one attached hydrogen (secondary N) is 1. The number of halogens is 1. The van der Waals surface area contributed by atoms with Gasteiger partial charge in [-0.3, -0.25) is 0 Å². The molecule has 1 aromatic rings. The van der Waals surface area contributed by atoms with Gasteiger partial charge in [0.25, 0.3) is 0 Å². The third-order valence-corrected chi connectivity index (χ3v) is 1.90. The molecule has 0 bridgehead atoms. The lowest BCUT2D eigenvalue weighted by Gasteiger charge is -2.05. The number of hydrogen-bond acceptors (Lipinski definition) is 3. The molecule has 14 heavy (non-hydrogen) atoms. The molecule has 0 fully saturated rings. The van der Waals surface area contributed by atoms with Crippen LogP contribution in [0.4, 0.5) is 4.39 Å². The van der Waals surface area contributed by atoms with E-state index < -0.39 is 5.82 Å². The van der Waals surface area contributed by atoms with Crippen LogP contribution in [0.5, 0.6) is 0 Å². The van der Waals surface area contributed by atoms with Crippen molar-refractivity contribution in [2.24, 2.45) is 5.73 Å². The van der Waals surface area contributed by atoms with E-state index in [1.807, 2.05) is 0 Å². The molecule has 0 unspecified atom stereocenters. The molecule has 0 saturated carbocycles. The van der Waals surface area contributed by atoms with E-state index in [1.165, 1.54) is 12.1 Å². The molecule has 1 rings (SSSR count). The minimum absolute atomic E-state index is 0.198. The van der Waals surface area contributed by atoms with Crippen LogP contribution in [-0.2, 0) is 6.61 Å². The highest BCUT2D eigenvalue weighted by Crippen LogP contribution is 2.19. The van der Waals surface area contributed by atoms with Crippen LogP contribution >= 0.6 is 0 Å². The molecule has 4 N–H and O–H groups in total. The van der Waals surface area contributed by atoms with Gasteiger partial charge in [0.1, 0.15) is 5.82 Å². The van der Waals surface area contributed by atoms with Gasteiger partial charge in [-0.25, -0.2) is 4.39 Å². The van der Waals surface area contributed by atoms with Crippen LogP contribution in [0.3, 0.4) is 0 Å². The second-order valence-electron chi connectivity index (χ2n) is 2.70. The van der Waals surface area contributed by atoms with Crippen LogP contribution in [0.15, 0.2) is 24.4 Å². The molecule has 0 atom stereocenters. The van der Waals surface area contributed by atoms with Gasteiger partial charge in [0.05, 0.1) is 6.61 Å². The summed E-state index contributed by atoms with van der Waals surface area (Å²) in [4.78, 5) is 0. The first-order chi connectivity index (χ1) is 6.74. The van der Waals surface area contributed by atoms with Gasteiger partial charge in [0.2, 0.25) is 0 Å². The maximum atomic E-state index is 13.5. The Morgan fingerprint density at radius 3 is 2.79 bits per heavy atom. The van der Waals surface area contributed by atoms with Crippen molar-refractivity contribution < 1.29 is 9.50 Å². The molecule has 0 saturated heterocycles. The third kappa shape index (κ3) is 1.80. The molecule has 1 aromatic carbocycles. The summed E-state index contributed by atoms with van der Waals surface area (Å²) in [6.45, 7) is -0.366. The quantitative estimate of drug-likeness (QED) is 0.634. The molecule has 0 aliphatic heterocycles. The molecular formula is C10H11FN2O. The van der Waals surface area contributed by atoms with Gasteiger partial charge >= 0.3 is 0 Å². The normalized spacial score (nSPS) is 11.4. The van der Waals surface area contributed by atoms with Gasteiger partial charge in [-0.1, -0.05) is 18.2 Å². The van der Waals surface area contributed by atoms with Gasteiger partial charge in [0.15, 0.2) is 0 Å². The smallest absolute Gasteiger partial charge is 0.136 e. The SMILES string of the molecule is N=C/C(=C\N)c1cccc(CO)c1F. The van der Waals surface area contributed by atoms with Crippen molar-refractivity contribution in [2.45, 2.75) is 6.61 Å². The zero-order valence-electron chi connectivity index (χ0n) is 7.50. The lowest BCUT2D eigenvalue weighted by atomic mass is 10.0. The van der Waals surface area contributed by atoms with Crippen LogP contribution in [0.25, 0.3) is 5.57 Å². The van der Waals surface area contributed by atoms with E-state index in [9.17, 15) is 4.39 Å². The van der Waals surface area contributed by atoms with E-state index in [0.717, 1.165) is 12.4 Å². The highest BCUT2D eigenvalue weighted by Gasteiger charge is 2.09. The summed E-state index contributed by atoms with van der Waals surface area (Å²) in [6.07, 6.45) is 2.13. The van der Waals surface area contributed by atoms with Crippen LogP contribution in [0.2, 0.25) is 0 Å². The Balaban J connectivity index is 3.28. The first-order valence-corrected chi connectivity index (χ1v) is 4.05. The fourth-order valence-corrected chi connectivity index (χ4v) is 1.14. The molecule has 0 radical (unpaired) electrons. The molecule has 0 spiro atoms. The molecule has 0 aliphatic carbocycles. The number of rotatable bonds is 3. The Morgan fingerprint density at radius 1 is 1.57 bits per heavy atom. The zero-order valence-corrected chi connectivity index (χ0v) is 7.50. The Hall–Kier alpha value is -1.68. The first-order valence-electron chi connectivity index (χ1n) is 4.05. The zero-order chi connectivity index (χ0) is 10.6. The number of allylic oxidation sites excluding steroid dienone is 1. The highest BCUT2D eigenvalue weighted by molar-refractivity contribution is 6.08. The Morgan fingerprint density at radius 2 is 2.29 bits per heavy atom. The predicted octanol–water partition coefficient (Wildman–Crippen LogP) is 1.27. The van der Waals surface area contributed by atoms with Crippen LogP contribution in [0, 0.1) is 11.2 Å². The second-order valence-corrected chi connectivity index (χ2v) is 2.70. The second kappa shape index (κ2) is 4.53. The molecule has 4 heteroatoms. The maximum Gasteiger partial charge on any atom is 0.136 e. The first kappa shape index (κ1) is 10.4. The van der Waals surface area contributed by atoms with Gasteiger partial charge < -0.3 is 16.2 Å². The Kier molecular flexibility index (Phi) is 3.36. The number of nitrogens with two attached hydrogens (primary N) is 1. The van der Waals surface area contributed by atoms with Crippen molar-refractivity contribution in [3.63, 3.8) is 0 Å². The topological polar surface area (TPSA) is 70.1 Å². The fourth-order valence-electron chi connectivity index (χ4n) is 1.14. The van der Waals surface area contributed by atoms with Gasteiger partial charge in [-0.2, -0.15) is 0 Å². The molecule has 0 aromatic heterocycles. The summed E-state index contributed by atoms with van der Waals surface area (Å²) in [5.41, 5.74) is 5.95.